The van der Waals surface area contributed by atoms with Gasteiger partial charge in [-0.1, -0.05) is 13.0 Å². The Bertz CT molecular complexity index is 604. The number of nitrogens with zero attached hydrogens (tertiary/aromatic N) is 4. The minimum Gasteiger partial charge on any atom is -0.258 e. The number of hydrogen-bond donors (Lipinski definition) is 0. The number of nitro benzene ring substituents is 1. The Morgan fingerprint density at radius 1 is 1.53 bits per heavy atom. The number of sulfonamides is 1. The lowest BCUT2D eigenvalue weighted by Gasteiger charge is -2.04. The molecule has 0 N–H and O–H groups in total. The summed E-state index contributed by atoms with van der Waals surface area (Å²) in [6.45, 7) is 1.69. The van der Waals surface area contributed by atoms with Crippen LogP contribution in [0.5, 0.6) is 0 Å². The van der Waals surface area contributed by atoms with E-state index in [1.165, 1.54) is 12.1 Å². The van der Waals surface area contributed by atoms with E-state index in [4.69, 9.17) is 5.53 Å². The molecule has 0 unspecified atom stereocenters. The number of hydrogen-bond acceptors (Lipinski definition) is 4. The Balaban J connectivity index is 3.54. The zero-order valence-electron chi connectivity index (χ0n) is 8.77. The molecule has 0 aliphatic carbocycles. The van der Waals surface area contributed by atoms with Gasteiger partial charge in [-0.2, -0.15) is 0 Å². The van der Waals surface area contributed by atoms with Crippen LogP contribution in [0.4, 0.5) is 5.69 Å². The van der Waals surface area contributed by atoms with Gasteiger partial charge in [0.1, 0.15) is 0 Å². The first-order chi connectivity index (χ1) is 7.92. The molecule has 1 aromatic rings. The summed E-state index contributed by atoms with van der Waals surface area (Å²) in [5, 5.41) is 10.5. The quantitative estimate of drug-likeness (QED) is 0.269. The Morgan fingerprint density at radius 3 is 2.65 bits per heavy atom. The summed E-state index contributed by atoms with van der Waals surface area (Å²) in [4.78, 5) is 11.7. The first kappa shape index (κ1) is 12.9. The van der Waals surface area contributed by atoms with Crippen molar-refractivity contribution in [2.75, 3.05) is 0 Å². The molecule has 1 aromatic carbocycles. The number of non-ortho nitro benzene ring substituents is 1. The molecule has 9 heteroatoms. The fourth-order valence-electron chi connectivity index (χ4n) is 1.28. The van der Waals surface area contributed by atoms with Gasteiger partial charge < -0.3 is 0 Å². The summed E-state index contributed by atoms with van der Waals surface area (Å²) in [5.74, 6) is 0. The summed E-state index contributed by atoms with van der Waals surface area (Å²) in [7, 11) is -4.21. The van der Waals surface area contributed by atoms with Gasteiger partial charge in [0.15, 0.2) is 0 Å². The smallest absolute Gasteiger partial charge is 0.258 e. The van der Waals surface area contributed by atoms with Crippen LogP contribution in [0.25, 0.3) is 10.4 Å². The highest BCUT2D eigenvalue weighted by atomic mass is 32.2. The molecule has 0 radical (unpaired) electrons. The maximum absolute atomic E-state index is 11.5. The topological polar surface area (TPSA) is 126 Å². The van der Waals surface area contributed by atoms with Crippen LogP contribution in [0.3, 0.4) is 0 Å². The summed E-state index contributed by atoms with van der Waals surface area (Å²) in [6, 6.07) is 3.43. The van der Waals surface area contributed by atoms with Crippen LogP contribution < -0.4 is 0 Å². The van der Waals surface area contributed by atoms with Crippen molar-refractivity contribution in [3.63, 3.8) is 0 Å². The normalized spacial score (nSPS) is 10.6. The third-order valence-electron chi connectivity index (χ3n) is 2.06. The first-order valence-electron chi connectivity index (χ1n) is 4.51. The van der Waals surface area contributed by atoms with E-state index in [2.05, 4.69) is 9.43 Å². The predicted molar refractivity (Wildman–Crippen MR) is 58.8 cm³/mol. The summed E-state index contributed by atoms with van der Waals surface area (Å²) in [5.41, 5.74) is 8.15. The SMILES string of the molecule is CCc1ccc([N+](=O)[O-])cc1S(=O)(=O)N=[N+]=[N-]. The average molecular weight is 256 g/mol. The Kier molecular flexibility index (Phi) is 3.66. The van der Waals surface area contributed by atoms with Gasteiger partial charge in [0.2, 0.25) is 0 Å². The van der Waals surface area contributed by atoms with Crippen LogP contribution in [0.1, 0.15) is 12.5 Å². The fraction of sp³-hybridized carbons (Fsp3) is 0.250. The molecule has 0 aliphatic rings. The minimum atomic E-state index is -4.21. The second kappa shape index (κ2) is 4.81. The van der Waals surface area contributed by atoms with E-state index in [-0.39, 0.29) is 10.6 Å². The summed E-state index contributed by atoms with van der Waals surface area (Å²) >= 11 is 0. The molecular formula is C8H8N4O4S. The molecule has 0 saturated heterocycles. The van der Waals surface area contributed by atoms with Crippen LogP contribution in [0.15, 0.2) is 27.6 Å². The zero-order chi connectivity index (χ0) is 13.1. The molecular weight excluding hydrogens is 248 g/mol. The molecule has 8 nitrogen and oxygen atoms in total. The highest BCUT2D eigenvalue weighted by molar-refractivity contribution is 7.90. The van der Waals surface area contributed by atoms with Gasteiger partial charge in [-0.15, -0.1) is 0 Å². The van der Waals surface area contributed by atoms with Crippen LogP contribution >= 0.6 is 0 Å². The minimum absolute atomic E-state index is 0.327. The number of rotatable bonds is 4. The van der Waals surface area contributed by atoms with Gasteiger partial charge in [-0.3, -0.25) is 10.1 Å². The van der Waals surface area contributed by atoms with Gasteiger partial charge in [0.05, 0.1) is 9.82 Å². The van der Waals surface area contributed by atoms with E-state index in [9.17, 15) is 18.5 Å². The van der Waals surface area contributed by atoms with E-state index in [0.29, 0.717) is 12.0 Å². The highest BCUT2D eigenvalue weighted by Crippen LogP contribution is 2.24. The fourth-order valence-corrected chi connectivity index (χ4v) is 2.28. The van der Waals surface area contributed by atoms with Gasteiger partial charge in [0, 0.05) is 21.6 Å². The van der Waals surface area contributed by atoms with Crippen LogP contribution in [-0.4, -0.2) is 13.3 Å². The van der Waals surface area contributed by atoms with E-state index in [1.807, 2.05) is 0 Å². The number of azide groups is 1. The van der Waals surface area contributed by atoms with Crippen molar-refractivity contribution in [1.82, 2.24) is 0 Å². The number of benzene rings is 1. The van der Waals surface area contributed by atoms with Crippen molar-refractivity contribution >= 4 is 15.7 Å². The number of aryl methyl sites for hydroxylation is 1. The van der Waals surface area contributed by atoms with Gasteiger partial charge >= 0.3 is 0 Å². The van der Waals surface area contributed by atoms with E-state index >= 15 is 0 Å². The molecule has 0 spiro atoms. The lowest BCUT2D eigenvalue weighted by molar-refractivity contribution is -0.385. The Morgan fingerprint density at radius 2 is 2.18 bits per heavy atom. The van der Waals surface area contributed by atoms with Crippen molar-refractivity contribution < 1.29 is 13.3 Å². The molecule has 0 aliphatic heterocycles. The molecule has 17 heavy (non-hydrogen) atoms. The lowest BCUT2D eigenvalue weighted by Crippen LogP contribution is -2.02. The Labute approximate surface area is 96.7 Å². The van der Waals surface area contributed by atoms with Crippen LogP contribution in [-0.2, 0) is 16.4 Å². The Hall–Kier alpha value is -2.12. The van der Waals surface area contributed by atoms with E-state index < -0.39 is 14.9 Å². The largest absolute Gasteiger partial charge is 0.270 e. The molecule has 0 fully saturated rings. The maximum Gasteiger partial charge on any atom is 0.270 e. The molecule has 1 rings (SSSR count). The van der Waals surface area contributed by atoms with Crippen molar-refractivity contribution in [3.05, 3.63) is 44.3 Å². The monoisotopic (exact) mass is 256 g/mol. The third-order valence-corrected chi connectivity index (χ3v) is 3.29. The molecule has 0 atom stereocenters. The third kappa shape index (κ3) is 2.71. The van der Waals surface area contributed by atoms with Gasteiger partial charge in [-0.05, 0) is 17.5 Å². The molecule has 0 bridgehead atoms. The molecule has 0 saturated carbocycles. The van der Waals surface area contributed by atoms with Crippen molar-refractivity contribution in [2.45, 2.75) is 18.2 Å². The maximum atomic E-state index is 11.5. The van der Waals surface area contributed by atoms with E-state index in [0.717, 1.165) is 6.07 Å². The molecule has 0 amide bonds. The molecule has 0 heterocycles. The number of nitro groups is 1. The second-order valence-electron chi connectivity index (χ2n) is 3.05. The van der Waals surface area contributed by atoms with Crippen molar-refractivity contribution in [3.8, 4) is 0 Å². The second-order valence-corrected chi connectivity index (χ2v) is 4.60. The first-order valence-corrected chi connectivity index (χ1v) is 5.95. The van der Waals surface area contributed by atoms with Gasteiger partial charge in [0.25, 0.3) is 15.7 Å². The summed E-state index contributed by atoms with van der Waals surface area (Å²) < 4.78 is 25.8. The zero-order valence-corrected chi connectivity index (χ0v) is 9.59. The summed E-state index contributed by atoms with van der Waals surface area (Å²) in [6.07, 6.45) is 0.355. The van der Waals surface area contributed by atoms with Crippen molar-refractivity contribution in [1.29, 1.82) is 0 Å². The van der Waals surface area contributed by atoms with Crippen molar-refractivity contribution in [2.24, 2.45) is 4.52 Å². The molecule has 90 valence electrons. The predicted octanol–water partition coefficient (Wildman–Crippen LogP) is 2.16. The van der Waals surface area contributed by atoms with E-state index in [1.54, 1.807) is 6.92 Å². The average Bonchev–Trinajstić information content (AvgIpc) is 2.28. The van der Waals surface area contributed by atoms with Gasteiger partial charge in [-0.25, -0.2) is 8.42 Å². The van der Waals surface area contributed by atoms with Crippen LogP contribution in [0.2, 0.25) is 0 Å². The standard InChI is InChI=1S/C8H8N4O4S/c1-2-6-3-4-7(12(13)14)5-8(6)17(15,16)11-10-9/h3-5H,2H2,1H3. The molecule has 0 aromatic heterocycles. The van der Waals surface area contributed by atoms with Crippen LogP contribution in [0, 0.1) is 10.1 Å². The lowest BCUT2D eigenvalue weighted by atomic mass is 10.1. The highest BCUT2D eigenvalue weighted by Gasteiger charge is 2.20.